The lowest BCUT2D eigenvalue weighted by atomic mass is 10.1. The van der Waals surface area contributed by atoms with Gasteiger partial charge in [-0.3, -0.25) is 0 Å². The smallest absolute Gasteiger partial charge is 0.264 e. The first kappa shape index (κ1) is 5.95. The summed E-state index contributed by atoms with van der Waals surface area (Å²) in [4.78, 5) is 0. The van der Waals surface area contributed by atoms with Gasteiger partial charge in [0.05, 0.1) is 6.54 Å². The first-order chi connectivity index (χ1) is 3.63. The van der Waals surface area contributed by atoms with E-state index in [-0.39, 0.29) is 6.54 Å². The summed E-state index contributed by atoms with van der Waals surface area (Å²) >= 11 is 0. The zero-order chi connectivity index (χ0) is 6.20. The highest BCUT2D eigenvalue weighted by molar-refractivity contribution is 4.84. The third kappa shape index (κ3) is 0.823. The van der Waals surface area contributed by atoms with Gasteiger partial charge in [-0.25, -0.2) is 8.78 Å². The van der Waals surface area contributed by atoms with Crippen LogP contribution in [0.1, 0.15) is 6.92 Å². The van der Waals surface area contributed by atoms with Crippen LogP contribution in [0.2, 0.25) is 0 Å². The Hall–Kier alpha value is -0.180. The molecule has 0 spiro atoms. The molecule has 1 heterocycles. The predicted molar refractivity (Wildman–Crippen MR) is 27.0 cm³/mol. The average molecular weight is 121 g/mol. The van der Waals surface area contributed by atoms with Gasteiger partial charge < -0.3 is 5.32 Å². The van der Waals surface area contributed by atoms with Crippen molar-refractivity contribution in [1.29, 1.82) is 0 Å². The molecule has 3 heteroatoms. The molecule has 1 aliphatic rings. The normalized spacial score (nSPS) is 35.6. The van der Waals surface area contributed by atoms with Crippen molar-refractivity contribution in [3.05, 3.63) is 0 Å². The minimum Gasteiger partial charge on any atom is -0.311 e. The Balaban J connectivity index is 2.54. The molecular weight excluding hydrogens is 112 g/mol. The molecule has 1 atom stereocenters. The molecule has 1 fully saturated rings. The summed E-state index contributed by atoms with van der Waals surface area (Å²) in [5, 5.41) is 2.61. The average Bonchev–Trinajstić information content (AvgIpc) is 1.86. The summed E-state index contributed by atoms with van der Waals surface area (Å²) in [5.41, 5.74) is 0. The molecule has 0 aromatic rings. The summed E-state index contributed by atoms with van der Waals surface area (Å²) in [5.74, 6) is -2.94. The van der Waals surface area contributed by atoms with Crippen LogP contribution in [0.4, 0.5) is 8.78 Å². The second-order valence-electron chi connectivity index (χ2n) is 2.29. The Kier molecular flexibility index (Phi) is 1.23. The van der Waals surface area contributed by atoms with Gasteiger partial charge in [0.15, 0.2) is 0 Å². The van der Waals surface area contributed by atoms with Crippen molar-refractivity contribution in [2.45, 2.75) is 12.8 Å². The van der Waals surface area contributed by atoms with Gasteiger partial charge in [0.2, 0.25) is 0 Å². The first-order valence-electron chi connectivity index (χ1n) is 2.71. The van der Waals surface area contributed by atoms with Crippen LogP contribution in [0, 0.1) is 5.92 Å². The fraction of sp³-hybridized carbons (Fsp3) is 1.00. The van der Waals surface area contributed by atoms with Crippen molar-refractivity contribution in [2.24, 2.45) is 5.92 Å². The zero-order valence-electron chi connectivity index (χ0n) is 4.75. The topological polar surface area (TPSA) is 12.0 Å². The van der Waals surface area contributed by atoms with Crippen molar-refractivity contribution < 1.29 is 8.78 Å². The summed E-state index contributed by atoms with van der Waals surface area (Å²) in [6.45, 7) is 1.86. The second-order valence-corrected chi connectivity index (χ2v) is 2.29. The SMILES string of the molecule is CC1CNCC1(F)F. The molecule has 0 aromatic carbocycles. The molecule has 1 unspecified atom stereocenters. The first-order valence-corrected chi connectivity index (χ1v) is 2.71. The van der Waals surface area contributed by atoms with Gasteiger partial charge in [-0.15, -0.1) is 0 Å². The quantitative estimate of drug-likeness (QED) is 0.501. The molecule has 0 amide bonds. The molecule has 1 aliphatic heterocycles. The molecule has 1 N–H and O–H groups in total. The molecule has 1 saturated heterocycles. The van der Waals surface area contributed by atoms with Gasteiger partial charge in [-0.2, -0.15) is 0 Å². The van der Waals surface area contributed by atoms with Crippen LogP contribution in [0.5, 0.6) is 0 Å². The maximum atomic E-state index is 12.3. The van der Waals surface area contributed by atoms with Gasteiger partial charge in [0.1, 0.15) is 0 Å². The van der Waals surface area contributed by atoms with Gasteiger partial charge in [-0.1, -0.05) is 6.92 Å². The fourth-order valence-electron chi connectivity index (χ4n) is 0.779. The van der Waals surface area contributed by atoms with E-state index in [9.17, 15) is 8.78 Å². The van der Waals surface area contributed by atoms with Crippen molar-refractivity contribution in [2.75, 3.05) is 13.1 Å². The van der Waals surface area contributed by atoms with Crippen LogP contribution in [0.25, 0.3) is 0 Å². The largest absolute Gasteiger partial charge is 0.311 e. The monoisotopic (exact) mass is 121 g/mol. The van der Waals surface area contributed by atoms with Gasteiger partial charge in [0.25, 0.3) is 5.92 Å². The van der Waals surface area contributed by atoms with Crippen molar-refractivity contribution in [3.8, 4) is 0 Å². The number of hydrogen-bond acceptors (Lipinski definition) is 1. The summed E-state index contributed by atoms with van der Waals surface area (Å²) in [6.07, 6.45) is 0. The maximum Gasteiger partial charge on any atom is 0.264 e. The Morgan fingerprint density at radius 3 is 2.38 bits per heavy atom. The van der Waals surface area contributed by atoms with Crippen molar-refractivity contribution in [1.82, 2.24) is 5.32 Å². The lowest BCUT2D eigenvalue weighted by Gasteiger charge is -2.10. The van der Waals surface area contributed by atoms with Crippen LogP contribution in [0.3, 0.4) is 0 Å². The van der Waals surface area contributed by atoms with E-state index >= 15 is 0 Å². The van der Waals surface area contributed by atoms with Gasteiger partial charge in [0, 0.05) is 12.5 Å². The standard InChI is InChI=1S/C5H9F2N/c1-4-2-8-3-5(4,6)7/h4,8H,2-3H2,1H3. The van der Waals surface area contributed by atoms with Crippen LogP contribution in [0.15, 0.2) is 0 Å². The minimum atomic E-state index is -2.46. The van der Waals surface area contributed by atoms with E-state index in [0.29, 0.717) is 6.54 Å². The highest BCUT2D eigenvalue weighted by atomic mass is 19.3. The molecular formula is C5H9F2N. The molecule has 0 bridgehead atoms. The number of hydrogen-bond donors (Lipinski definition) is 1. The van der Waals surface area contributed by atoms with Crippen molar-refractivity contribution >= 4 is 0 Å². The number of alkyl halides is 2. The molecule has 0 saturated carbocycles. The van der Waals surface area contributed by atoms with Crippen LogP contribution in [-0.4, -0.2) is 19.0 Å². The third-order valence-corrected chi connectivity index (χ3v) is 1.53. The number of nitrogens with one attached hydrogen (secondary N) is 1. The second kappa shape index (κ2) is 1.65. The van der Waals surface area contributed by atoms with E-state index in [2.05, 4.69) is 5.32 Å². The highest BCUT2D eigenvalue weighted by Crippen LogP contribution is 2.26. The molecule has 0 aliphatic carbocycles. The number of rotatable bonds is 0. The summed E-state index contributed by atoms with van der Waals surface area (Å²) in [7, 11) is 0. The van der Waals surface area contributed by atoms with Crippen LogP contribution < -0.4 is 5.32 Å². The van der Waals surface area contributed by atoms with Crippen LogP contribution in [-0.2, 0) is 0 Å². The highest BCUT2D eigenvalue weighted by Gasteiger charge is 2.40. The Morgan fingerprint density at radius 2 is 2.25 bits per heavy atom. The van der Waals surface area contributed by atoms with Gasteiger partial charge >= 0.3 is 0 Å². The molecule has 48 valence electrons. The molecule has 1 nitrogen and oxygen atoms in total. The molecule has 0 aromatic heterocycles. The number of halogens is 2. The van der Waals surface area contributed by atoms with E-state index in [0.717, 1.165) is 0 Å². The summed E-state index contributed by atoms with van der Waals surface area (Å²) in [6, 6.07) is 0. The molecule has 1 rings (SSSR count). The Morgan fingerprint density at radius 1 is 1.62 bits per heavy atom. The summed E-state index contributed by atoms with van der Waals surface area (Å²) < 4.78 is 24.6. The minimum absolute atomic E-state index is 0.145. The zero-order valence-corrected chi connectivity index (χ0v) is 4.75. The van der Waals surface area contributed by atoms with Gasteiger partial charge in [-0.05, 0) is 0 Å². The van der Waals surface area contributed by atoms with E-state index in [4.69, 9.17) is 0 Å². The van der Waals surface area contributed by atoms with E-state index in [1.165, 1.54) is 0 Å². The van der Waals surface area contributed by atoms with E-state index < -0.39 is 11.8 Å². The fourth-order valence-corrected chi connectivity index (χ4v) is 0.779. The molecule has 0 radical (unpaired) electrons. The van der Waals surface area contributed by atoms with Crippen molar-refractivity contribution in [3.63, 3.8) is 0 Å². The maximum absolute atomic E-state index is 12.3. The Bertz CT molecular complexity index is 92.4. The Labute approximate surface area is 47.1 Å². The van der Waals surface area contributed by atoms with Crippen LogP contribution >= 0.6 is 0 Å². The lowest BCUT2D eigenvalue weighted by molar-refractivity contribution is -0.0148. The van der Waals surface area contributed by atoms with E-state index in [1.807, 2.05) is 0 Å². The third-order valence-electron chi connectivity index (χ3n) is 1.53. The lowest BCUT2D eigenvalue weighted by Crippen LogP contribution is -2.24. The molecule has 8 heavy (non-hydrogen) atoms. The predicted octanol–water partition coefficient (Wildman–Crippen LogP) is 0.861. The van der Waals surface area contributed by atoms with E-state index in [1.54, 1.807) is 6.92 Å².